The Bertz CT molecular complexity index is 688. The molecule has 1 aromatic carbocycles. The number of halogens is 1. The fraction of sp³-hybridized carbons (Fsp3) is 0.421. The molecule has 7 heteroatoms. The van der Waals surface area contributed by atoms with Gasteiger partial charge in [-0.25, -0.2) is 14.4 Å². The Hall–Kier alpha value is -2.54. The van der Waals surface area contributed by atoms with Crippen LogP contribution in [0.15, 0.2) is 42.7 Å². The molecule has 0 aliphatic carbocycles. The van der Waals surface area contributed by atoms with Crippen molar-refractivity contribution in [1.82, 2.24) is 20.2 Å². The first-order valence-corrected chi connectivity index (χ1v) is 8.86. The highest BCUT2D eigenvalue weighted by Crippen LogP contribution is 2.15. The van der Waals surface area contributed by atoms with Gasteiger partial charge in [-0.3, -0.25) is 9.69 Å². The van der Waals surface area contributed by atoms with Gasteiger partial charge in [0, 0.05) is 32.0 Å². The summed E-state index contributed by atoms with van der Waals surface area (Å²) in [5.41, 5.74) is 1.01. The lowest BCUT2D eigenvalue weighted by Gasteiger charge is -2.31. The lowest BCUT2D eigenvalue weighted by atomic mass is 10.1. The van der Waals surface area contributed by atoms with Crippen LogP contribution in [0.3, 0.4) is 0 Å². The number of nitrogens with zero attached hydrogens (tertiary/aromatic N) is 3. The van der Waals surface area contributed by atoms with Crippen LogP contribution in [0, 0.1) is 5.82 Å². The van der Waals surface area contributed by atoms with Crippen LogP contribution >= 0.6 is 0 Å². The summed E-state index contributed by atoms with van der Waals surface area (Å²) in [5, 5.41) is 2.92. The Morgan fingerprint density at radius 3 is 2.58 bits per heavy atom. The van der Waals surface area contributed by atoms with Crippen molar-refractivity contribution in [3.8, 4) is 6.01 Å². The summed E-state index contributed by atoms with van der Waals surface area (Å²) in [7, 11) is 0. The molecule has 26 heavy (non-hydrogen) atoms. The zero-order chi connectivity index (χ0) is 18.2. The van der Waals surface area contributed by atoms with Crippen molar-refractivity contribution < 1.29 is 13.9 Å². The van der Waals surface area contributed by atoms with Gasteiger partial charge >= 0.3 is 6.01 Å². The zero-order valence-electron chi connectivity index (χ0n) is 14.6. The second kappa shape index (κ2) is 9.24. The Morgan fingerprint density at radius 2 is 1.88 bits per heavy atom. The fourth-order valence-electron chi connectivity index (χ4n) is 2.94. The minimum absolute atomic E-state index is 0.0119. The molecule has 0 spiro atoms. The van der Waals surface area contributed by atoms with E-state index in [9.17, 15) is 9.18 Å². The Morgan fingerprint density at radius 1 is 1.19 bits per heavy atom. The average molecular weight is 358 g/mol. The van der Waals surface area contributed by atoms with E-state index < -0.39 is 0 Å². The number of likely N-dealkylation sites (tertiary alicyclic amines) is 1. The van der Waals surface area contributed by atoms with Crippen LogP contribution in [0.4, 0.5) is 4.39 Å². The number of carbonyl (C=O) groups is 1. The number of benzene rings is 1. The zero-order valence-corrected chi connectivity index (χ0v) is 14.6. The van der Waals surface area contributed by atoms with Crippen molar-refractivity contribution in [2.75, 3.05) is 26.2 Å². The molecule has 1 amide bonds. The largest absolute Gasteiger partial charge is 0.460 e. The molecule has 6 nitrogen and oxygen atoms in total. The van der Waals surface area contributed by atoms with E-state index in [-0.39, 0.29) is 17.8 Å². The fourth-order valence-corrected chi connectivity index (χ4v) is 2.94. The summed E-state index contributed by atoms with van der Waals surface area (Å²) in [4.78, 5) is 22.3. The standard InChI is InChI=1S/C19H23FN4O2/c20-16-4-2-15(3-5-16)6-11-21-18(25)14-24-12-7-17(8-13-24)26-19-22-9-1-10-23-19/h1-5,9-10,17H,6-8,11-14H2,(H,21,25). The lowest BCUT2D eigenvalue weighted by molar-refractivity contribution is -0.122. The van der Waals surface area contributed by atoms with Crippen molar-refractivity contribution in [3.05, 3.63) is 54.1 Å². The molecule has 0 atom stereocenters. The van der Waals surface area contributed by atoms with E-state index in [1.165, 1.54) is 12.1 Å². The minimum Gasteiger partial charge on any atom is -0.460 e. The number of amides is 1. The first-order chi connectivity index (χ1) is 12.7. The molecule has 2 aromatic rings. The van der Waals surface area contributed by atoms with Crippen LogP contribution in [-0.2, 0) is 11.2 Å². The molecular formula is C19H23FN4O2. The van der Waals surface area contributed by atoms with Crippen LogP contribution in [0.25, 0.3) is 0 Å². The van der Waals surface area contributed by atoms with Gasteiger partial charge in [-0.2, -0.15) is 0 Å². The van der Waals surface area contributed by atoms with E-state index in [0.717, 1.165) is 31.5 Å². The van der Waals surface area contributed by atoms with Crippen molar-refractivity contribution in [2.24, 2.45) is 0 Å². The van der Waals surface area contributed by atoms with Crippen molar-refractivity contribution in [1.29, 1.82) is 0 Å². The number of rotatable bonds is 7. The number of hydrogen-bond donors (Lipinski definition) is 1. The van der Waals surface area contributed by atoms with Gasteiger partial charge in [0.1, 0.15) is 11.9 Å². The average Bonchev–Trinajstić information content (AvgIpc) is 2.66. The lowest BCUT2D eigenvalue weighted by Crippen LogP contribution is -2.44. The van der Waals surface area contributed by atoms with Gasteiger partial charge in [-0.05, 0) is 43.0 Å². The molecule has 1 aliphatic rings. The van der Waals surface area contributed by atoms with Crippen molar-refractivity contribution in [3.63, 3.8) is 0 Å². The monoisotopic (exact) mass is 358 g/mol. The maximum atomic E-state index is 12.9. The number of carbonyl (C=O) groups excluding carboxylic acids is 1. The molecule has 0 saturated carbocycles. The third-order valence-electron chi connectivity index (χ3n) is 4.37. The summed E-state index contributed by atoms with van der Waals surface area (Å²) >= 11 is 0. The van der Waals surface area contributed by atoms with Crippen LogP contribution in [0.5, 0.6) is 6.01 Å². The minimum atomic E-state index is -0.246. The number of piperidine rings is 1. The highest BCUT2D eigenvalue weighted by Gasteiger charge is 2.22. The van der Waals surface area contributed by atoms with Gasteiger partial charge in [0.05, 0.1) is 6.54 Å². The van der Waals surface area contributed by atoms with Crippen LogP contribution in [0.2, 0.25) is 0 Å². The molecule has 0 bridgehead atoms. The quantitative estimate of drug-likeness (QED) is 0.818. The number of aromatic nitrogens is 2. The third-order valence-corrected chi connectivity index (χ3v) is 4.37. The molecule has 0 radical (unpaired) electrons. The number of nitrogens with one attached hydrogen (secondary N) is 1. The van der Waals surface area contributed by atoms with Crippen LogP contribution in [-0.4, -0.2) is 53.1 Å². The Labute approximate surface area is 152 Å². The second-order valence-electron chi connectivity index (χ2n) is 6.35. The SMILES string of the molecule is O=C(CN1CCC(Oc2ncccn2)CC1)NCCc1ccc(F)cc1. The molecular weight excluding hydrogens is 335 g/mol. The predicted molar refractivity (Wildman–Crippen MR) is 95.2 cm³/mol. The van der Waals surface area contributed by atoms with E-state index in [1.54, 1.807) is 30.6 Å². The van der Waals surface area contributed by atoms with Gasteiger partial charge in [-0.15, -0.1) is 0 Å². The van der Waals surface area contributed by atoms with Gasteiger partial charge in [0.15, 0.2) is 0 Å². The van der Waals surface area contributed by atoms with Crippen molar-refractivity contribution in [2.45, 2.75) is 25.4 Å². The number of hydrogen-bond acceptors (Lipinski definition) is 5. The van der Waals surface area contributed by atoms with Gasteiger partial charge in [0.25, 0.3) is 0 Å². The van der Waals surface area contributed by atoms with Gasteiger partial charge in [0.2, 0.25) is 5.91 Å². The van der Waals surface area contributed by atoms with E-state index in [0.29, 0.717) is 25.5 Å². The van der Waals surface area contributed by atoms with E-state index in [2.05, 4.69) is 20.2 Å². The second-order valence-corrected chi connectivity index (χ2v) is 6.35. The predicted octanol–water partition coefficient (Wildman–Crippen LogP) is 1.82. The smallest absolute Gasteiger partial charge is 0.316 e. The van der Waals surface area contributed by atoms with Crippen LogP contribution in [0.1, 0.15) is 18.4 Å². The Kier molecular flexibility index (Phi) is 6.49. The van der Waals surface area contributed by atoms with Crippen molar-refractivity contribution >= 4 is 5.91 Å². The van der Waals surface area contributed by atoms with E-state index >= 15 is 0 Å². The summed E-state index contributed by atoms with van der Waals surface area (Å²) in [6.07, 6.45) is 5.80. The first kappa shape index (κ1) is 18.3. The highest BCUT2D eigenvalue weighted by molar-refractivity contribution is 5.78. The molecule has 1 aliphatic heterocycles. The summed E-state index contributed by atoms with van der Waals surface area (Å²) in [6, 6.07) is 8.51. The highest BCUT2D eigenvalue weighted by atomic mass is 19.1. The third kappa shape index (κ3) is 5.77. The molecule has 138 valence electrons. The molecule has 3 rings (SSSR count). The molecule has 2 heterocycles. The number of ether oxygens (including phenoxy) is 1. The molecule has 1 saturated heterocycles. The summed E-state index contributed by atoms with van der Waals surface area (Å²) < 4.78 is 18.6. The van der Waals surface area contributed by atoms with Gasteiger partial charge in [-0.1, -0.05) is 12.1 Å². The first-order valence-electron chi connectivity index (χ1n) is 8.86. The molecule has 1 aromatic heterocycles. The van der Waals surface area contributed by atoms with E-state index in [4.69, 9.17) is 4.74 Å². The molecule has 1 fully saturated rings. The Balaban J connectivity index is 1.32. The topological polar surface area (TPSA) is 67.4 Å². The normalized spacial score (nSPS) is 15.6. The maximum absolute atomic E-state index is 12.9. The maximum Gasteiger partial charge on any atom is 0.316 e. The van der Waals surface area contributed by atoms with Crippen LogP contribution < -0.4 is 10.1 Å². The van der Waals surface area contributed by atoms with Gasteiger partial charge < -0.3 is 10.1 Å². The molecule has 0 unspecified atom stereocenters. The summed E-state index contributed by atoms with van der Waals surface area (Å²) in [5.74, 6) is -0.234. The van der Waals surface area contributed by atoms with E-state index in [1.807, 2.05) is 0 Å². The molecule has 1 N–H and O–H groups in total. The summed E-state index contributed by atoms with van der Waals surface area (Å²) in [6.45, 7) is 2.55.